The summed E-state index contributed by atoms with van der Waals surface area (Å²) in [6, 6.07) is 12.0. The Morgan fingerprint density at radius 2 is 1.52 bits per heavy atom. The van der Waals surface area contributed by atoms with Gasteiger partial charge in [0, 0.05) is 11.0 Å². The van der Waals surface area contributed by atoms with Crippen molar-refractivity contribution in [3.8, 4) is 17.2 Å². The molecule has 1 N–H and O–H groups in total. The second kappa shape index (κ2) is 8.79. The maximum absolute atomic E-state index is 5.37. The summed E-state index contributed by atoms with van der Waals surface area (Å²) < 4.78 is 17.0. The highest BCUT2D eigenvalue weighted by Gasteiger charge is 2.09. The van der Waals surface area contributed by atoms with Crippen LogP contribution in [0.25, 0.3) is 0 Å². The van der Waals surface area contributed by atoms with Crippen molar-refractivity contribution in [2.75, 3.05) is 27.9 Å². The highest BCUT2D eigenvalue weighted by Crippen LogP contribution is 2.33. The second-order valence-corrected chi connectivity index (χ2v) is 5.89. The molecule has 2 aromatic rings. The SMILES string of the molecule is COc1ccccc1CCNCc1cc(OC)c(OC)cc1Br. The van der Waals surface area contributed by atoms with E-state index >= 15 is 0 Å². The van der Waals surface area contributed by atoms with E-state index in [0.29, 0.717) is 0 Å². The fraction of sp³-hybridized carbons (Fsp3) is 0.333. The normalized spacial score (nSPS) is 10.4. The molecule has 0 amide bonds. The van der Waals surface area contributed by atoms with Gasteiger partial charge in [-0.25, -0.2) is 0 Å². The minimum atomic E-state index is 0.720. The number of hydrogen-bond acceptors (Lipinski definition) is 4. The summed E-state index contributed by atoms with van der Waals surface area (Å²) in [5, 5.41) is 3.45. The predicted molar refractivity (Wildman–Crippen MR) is 95.7 cm³/mol. The first-order chi connectivity index (χ1) is 11.2. The average Bonchev–Trinajstić information content (AvgIpc) is 2.59. The minimum Gasteiger partial charge on any atom is -0.496 e. The quantitative estimate of drug-likeness (QED) is 0.707. The monoisotopic (exact) mass is 379 g/mol. The molecule has 0 saturated heterocycles. The predicted octanol–water partition coefficient (Wildman–Crippen LogP) is 3.81. The Morgan fingerprint density at radius 1 is 0.870 bits per heavy atom. The molecule has 0 aliphatic carbocycles. The molecule has 0 bridgehead atoms. The molecule has 0 saturated carbocycles. The van der Waals surface area contributed by atoms with Gasteiger partial charge in [-0.15, -0.1) is 0 Å². The summed E-state index contributed by atoms with van der Waals surface area (Å²) >= 11 is 3.58. The molecule has 124 valence electrons. The van der Waals surface area contributed by atoms with E-state index in [1.165, 1.54) is 5.56 Å². The van der Waals surface area contributed by atoms with Gasteiger partial charge in [-0.2, -0.15) is 0 Å². The Labute approximate surface area is 145 Å². The van der Waals surface area contributed by atoms with Gasteiger partial charge in [0.1, 0.15) is 5.75 Å². The largest absolute Gasteiger partial charge is 0.496 e. The molecule has 0 heterocycles. The number of para-hydroxylation sites is 1. The Balaban J connectivity index is 1.94. The lowest BCUT2D eigenvalue weighted by Gasteiger charge is -2.13. The first-order valence-electron chi connectivity index (χ1n) is 7.42. The van der Waals surface area contributed by atoms with Crippen LogP contribution in [-0.2, 0) is 13.0 Å². The Hall–Kier alpha value is -1.72. The Morgan fingerprint density at radius 3 is 2.22 bits per heavy atom. The topological polar surface area (TPSA) is 39.7 Å². The first-order valence-corrected chi connectivity index (χ1v) is 8.22. The van der Waals surface area contributed by atoms with Crippen molar-refractivity contribution in [3.05, 3.63) is 52.0 Å². The number of hydrogen-bond donors (Lipinski definition) is 1. The summed E-state index contributed by atoms with van der Waals surface area (Å²) in [6.45, 7) is 1.61. The van der Waals surface area contributed by atoms with Crippen molar-refractivity contribution < 1.29 is 14.2 Å². The van der Waals surface area contributed by atoms with Crippen molar-refractivity contribution >= 4 is 15.9 Å². The zero-order valence-electron chi connectivity index (χ0n) is 13.7. The lowest BCUT2D eigenvalue weighted by atomic mass is 10.1. The second-order valence-electron chi connectivity index (χ2n) is 5.04. The van der Waals surface area contributed by atoms with E-state index < -0.39 is 0 Å². The van der Waals surface area contributed by atoms with Crippen LogP contribution >= 0.6 is 15.9 Å². The molecule has 0 radical (unpaired) electrons. The molecule has 0 aliphatic heterocycles. The fourth-order valence-electron chi connectivity index (χ4n) is 2.39. The van der Waals surface area contributed by atoms with Crippen molar-refractivity contribution in [2.24, 2.45) is 0 Å². The zero-order chi connectivity index (χ0) is 16.7. The number of halogens is 1. The maximum Gasteiger partial charge on any atom is 0.161 e. The van der Waals surface area contributed by atoms with Crippen molar-refractivity contribution in [1.29, 1.82) is 0 Å². The lowest BCUT2D eigenvalue weighted by Crippen LogP contribution is -2.17. The van der Waals surface area contributed by atoms with E-state index in [1.54, 1.807) is 21.3 Å². The number of methoxy groups -OCH3 is 3. The van der Waals surface area contributed by atoms with Crippen LogP contribution < -0.4 is 19.5 Å². The molecule has 0 fully saturated rings. The summed E-state index contributed by atoms with van der Waals surface area (Å²) in [7, 11) is 4.98. The molecule has 5 heteroatoms. The van der Waals surface area contributed by atoms with E-state index in [4.69, 9.17) is 14.2 Å². The third-order valence-corrected chi connectivity index (χ3v) is 4.37. The van der Waals surface area contributed by atoms with Gasteiger partial charge in [-0.05, 0) is 42.3 Å². The van der Waals surface area contributed by atoms with Crippen LogP contribution in [0.15, 0.2) is 40.9 Å². The number of rotatable bonds is 8. The summed E-state index contributed by atoms with van der Waals surface area (Å²) in [5.74, 6) is 2.39. The average molecular weight is 380 g/mol. The van der Waals surface area contributed by atoms with Crippen molar-refractivity contribution in [2.45, 2.75) is 13.0 Å². The fourth-order valence-corrected chi connectivity index (χ4v) is 2.85. The molecule has 0 atom stereocenters. The molecule has 2 rings (SSSR count). The molecule has 4 nitrogen and oxygen atoms in total. The number of nitrogens with one attached hydrogen (secondary N) is 1. The highest BCUT2D eigenvalue weighted by atomic mass is 79.9. The molecule has 0 aliphatic rings. The minimum absolute atomic E-state index is 0.720. The molecular formula is C18H22BrNO3. The van der Waals surface area contributed by atoms with Crippen LogP contribution in [0, 0.1) is 0 Å². The molecule has 0 aromatic heterocycles. The van der Waals surface area contributed by atoms with E-state index in [0.717, 1.165) is 46.8 Å². The van der Waals surface area contributed by atoms with Gasteiger partial charge in [0.25, 0.3) is 0 Å². The van der Waals surface area contributed by atoms with Crippen LogP contribution in [0.3, 0.4) is 0 Å². The first kappa shape index (κ1) is 17.6. The highest BCUT2D eigenvalue weighted by molar-refractivity contribution is 9.10. The lowest BCUT2D eigenvalue weighted by molar-refractivity contribution is 0.354. The van der Waals surface area contributed by atoms with Crippen LogP contribution in [0.4, 0.5) is 0 Å². The van der Waals surface area contributed by atoms with E-state index in [-0.39, 0.29) is 0 Å². The van der Waals surface area contributed by atoms with Gasteiger partial charge < -0.3 is 19.5 Å². The standard InChI is InChI=1S/C18H22BrNO3/c1-21-16-7-5-4-6-13(16)8-9-20-12-14-10-17(22-2)18(23-3)11-15(14)19/h4-7,10-11,20H,8-9,12H2,1-3H3. The van der Waals surface area contributed by atoms with Crippen molar-refractivity contribution in [3.63, 3.8) is 0 Å². The van der Waals surface area contributed by atoms with E-state index in [9.17, 15) is 0 Å². The van der Waals surface area contributed by atoms with E-state index in [1.807, 2.05) is 30.3 Å². The van der Waals surface area contributed by atoms with Crippen LogP contribution in [0.1, 0.15) is 11.1 Å². The van der Waals surface area contributed by atoms with Gasteiger partial charge >= 0.3 is 0 Å². The number of benzene rings is 2. The summed E-state index contributed by atoms with van der Waals surface area (Å²) in [5.41, 5.74) is 2.33. The third-order valence-electron chi connectivity index (χ3n) is 3.63. The Bertz CT molecular complexity index is 646. The smallest absolute Gasteiger partial charge is 0.161 e. The molecule has 0 unspecified atom stereocenters. The molecule has 23 heavy (non-hydrogen) atoms. The van der Waals surface area contributed by atoms with E-state index in [2.05, 4.69) is 27.3 Å². The molecule has 0 spiro atoms. The summed E-state index contributed by atoms with van der Waals surface area (Å²) in [4.78, 5) is 0. The van der Waals surface area contributed by atoms with Gasteiger partial charge in [0.05, 0.1) is 21.3 Å². The van der Waals surface area contributed by atoms with Crippen LogP contribution in [0.5, 0.6) is 17.2 Å². The molecular weight excluding hydrogens is 358 g/mol. The van der Waals surface area contributed by atoms with Crippen molar-refractivity contribution in [1.82, 2.24) is 5.32 Å². The van der Waals surface area contributed by atoms with Gasteiger partial charge in [0.15, 0.2) is 11.5 Å². The zero-order valence-corrected chi connectivity index (χ0v) is 15.3. The maximum atomic E-state index is 5.37. The molecule has 2 aromatic carbocycles. The summed E-state index contributed by atoms with van der Waals surface area (Å²) in [6.07, 6.45) is 0.912. The number of ether oxygens (including phenoxy) is 3. The third kappa shape index (κ3) is 4.62. The van der Waals surface area contributed by atoms with Crippen LogP contribution in [-0.4, -0.2) is 27.9 Å². The van der Waals surface area contributed by atoms with Gasteiger partial charge in [-0.3, -0.25) is 0 Å². The Kier molecular flexibility index (Phi) is 6.74. The van der Waals surface area contributed by atoms with Crippen LogP contribution in [0.2, 0.25) is 0 Å². The van der Waals surface area contributed by atoms with Gasteiger partial charge in [0.2, 0.25) is 0 Å². The van der Waals surface area contributed by atoms with Gasteiger partial charge in [-0.1, -0.05) is 34.1 Å².